The molecule has 1 heterocycles. The lowest BCUT2D eigenvalue weighted by Crippen LogP contribution is -2.52. The Kier molecular flexibility index (Phi) is 12.4. The lowest BCUT2D eigenvalue weighted by molar-refractivity contribution is 0.0450. The average molecular weight is 688 g/mol. The molecule has 1 saturated heterocycles. The van der Waals surface area contributed by atoms with Gasteiger partial charge in [-0.1, -0.05) is 126 Å². The van der Waals surface area contributed by atoms with Gasteiger partial charge in [0.2, 0.25) is 0 Å². The standard InChI is InChI=1S/C24H25NO.2C7H8O3S/c26-23-16-18-25(19-17-23)24(20-10-4-1-5-11-20,21-12-6-2-7-13-21)22-14-8-3-9-15-22;2*1-6-2-4-7(5-3-6)11(8,9)10/h1-15,23,26H,16-19H2;2*2-5H,1H3,(H,8,9,10). The summed E-state index contributed by atoms with van der Waals surface area (Å²) in [5.41, 5.74) is 5.38. The monoisotopic (exact) mass is 687 g/mol. The highest BCUT2D eigenvalue weighted by atomic mass is 32.2. The van der Waals surface area contributed by atoms with E-state index in [1.54, 1.807) is 24.3 Å². The fourth-order valence-electron chi connectivity index (χ4n) is 5.71. The molecular formula is C38H41NO7S2. The molecule has 0 radical (unpaired) electrons. The van der Waals surface area contributed by atoms with Gasteiger partial charge in [0.05, 0.1) is 21.4 Å². The van der Waals surface area contributed by atoms with E-state index in [9.17, 15) is 21.9 Å². The van der Waals surface area contributed by atoms with Gasteiger partial charge in [0.1, 0.15) is 0 Å². The number of aryl methyl sites for hydroxylation is 2. The van der Waals surface area contributed by atoms with Crippen molar-refractivity contribution in [3.63, 3.8) is 0 Å². The molecule has 0 bridgehead atoms. The first-order chi connectivity index (χ1) is 22.8. The van der Waals surface area contributed by atoms with Crippen molar-refractivity contribution in [2.75, 3.05) is 13.1 Å². The first-order valence-electron chi connectivity index (χ1n) is 15.5. The zero-order valence-electron chi connectivity index (χ0n) is 26.9. The van der Waals surface area contributed by atoms with Crippen LogP contribution in [0.25, 0.3) is 0 Å². The Labute approximate surface area is 283 Å². The van der Waals surface area contributed by atoms with Gasteiger partial charge in [0.15, 0.2) is 0 Å². The second-order valence-electron chi connectivity index (χ2n) is 11.6. The van der Waals surface area contributed by atoms with Crippen molar-refractivity contribution >= 4 is 20.2 Å². The van der Waals surface area contributed by atoms with Crippen LogP contribution >= 0.6 is 0 Å². The topological polar surface area (TPSA) is 132 Å². The first kappa shape index (κ1) is 36.7. The summed E-state index contributed by atoms with van der Waals surface area (Å²) in [5.74, 6) is 0. The average Bonchev–Trinajstić information content (AvgIpc) is 3.08. The van der Waals surface area contributed by atoms with Crippen molar-refractivity contribution in [3.8, 4) is 0 Å². The van der Waals surface area contributed by atoms with Crippen molar-refractivity contribution < 1.29 is 31.0 Å². The fraction of sp³-hybridized carbons (Fsp3) is 0.211. The van der Waals surface area contributed by atoms with Crippen molar-refractivity contribution in [1.82, 2.24) is 4.90 Å². The molecule has 6 rings (SSSR count). The molecular weight excluding hydrogens is 647 g/mol. The Bertz CT molecular complexity index is 1760. The zero-order valence-corrected chi connectivity index (χ0v) is 28.6. The summed E-state index contributed by atoms with van der Waals surface area (Å²) in [4.78, 5) is 2.41. The molecule has 1 fully saturated rings. The van der Waals surface area contributed by atoms with Gasteiger partial charge in [-0.05, 0) is 67.6 Å². The quantitative estimate of drug-likeness (QED) is 0.130. The zero-order chi connectivity index (χ0) is 34.8. The second-order valence-corrected chi connectivity index (χ2v) is 14.4. The summed E-state index contributed by atoms with van der Waals surface area (Å²) >= 11 is 0. The predicted octanol–water partition coefficient (Wildman–Crippen LogP) is 6.92. The number of benzene rings is 5. The van der Waals surface area contributed by atoms with Crippen LogP contribution in [0, 0.1) is 13.8 Å². The van der Waals surface area contributed by atoms with Gasteiger partial charge in [0.25, 0.3) is 20.2 Å². The molecule has 0 spiro atoms. The van der Waals surface area contributed by atoms with E-state index < -0.39 is 20.2 Å². The van der Waals surface area contributed by atoms with E-state index in [0.717, 1.165) is 37.1 Å². The number of likely N-dealkylation sites (tertiary alicyclic amines) is 1. The van der Waals surface area contributed by atoms with Crippen LogP contribution in [0.1, 0.15) is 40.7 Å². The molecule has 252 valence electrons. The summed E-state index contributed by atoms with van der Waals surface area (Å²) < 4.78 is 59.1. The molecule has 48 heavy (non-hydrogen) atoms. The third-order valence-corrected chi connectivity index (χ3v) is 9.89. The normalized spacial score (nSPS) is 14.2. The van der Waals surface area contributed by atoms with Gasteiger partial charge in [-0.2, -0.15) is 16.8 Å². The first-order valence-corrected chi connectivity index (χ1v) is 18.4. The van der Waals surface area contributed by atoms with E-state index in [4.69, 9.17) is 9.11 Å². The lowest BCUT2D eigenvalue weighted by Gasteiger charge is -2.48. The van der Waals surface area contributed by atoms with Crippen LogP contribution in [-0.4, -0.2) is 55.1 Å². The van der Waals surface area contributed by atoms with Crippen molar-refractivity contribution in [2.45, 2.75) is 48.1 Å². The van der Waals surface area contributed by atoms with E-state index in [-0.39, 0.29) is 21.4 Å². The fourth-order valence-corrected chi connectivity index (χ4v) is 6.67. The Hall–Kier alpha value is -4.16. The van der Waals surface area contributed by atoms with Crippen molar-refractivity contribution in [3.05, 3.63) is 167 Å². The maximum atomic E-state index is 10.5. The molecule has 1 aliphatic heterocycles. The van der Waals surface area contributed by atoms with Gasteiger partial charge in [-0.3, -0.25) is 14.0 Å². The third-order valence-electron chi connectivity index (χ3n) is 8.15. The summed E-state index contributed by atoms with van der Waals surface area (Å²) in [6, 6.07) is 44.3. The third kappa shape index (κ3) is 9.47. The van der Waals surface area contributed by atoms with Gasteiger partial charge < -0.3 is 5.11 Å². The highest BCUT2D eigenvalue weighted by molar-refractivity contribution is 7.86. The Morgan fingerprint density at radius 1 is 0.521 bits per heavy atom. The number of piperidine rings is 1. The smallest absolute Gasteiger partial charge is 0.294 e. The summed E-state index contributed by atoms with van der Waals surface area (Å²) in [5, 5.41) is 10.1. The molecule has 5 aromatic rings. The van der Waals surface area contributed by atoms with Crippen molar-refractivity contribution in [1.29, 1.82) is 0 Å². The van der Waals surface area contributed by atoms with Crippen LogP contribution in [0.3, 0.4) is 0 Å². The van der Waals surface area contributed by atoms with Gasteiger partial charge in [-0.25, -0.2) is 0 Å². The highest BCUT2D eigenvalue weighted by Crippen LogP contribution is 2.43. The summed E-state index contributed by atoms with van der Waals surface area (Å²) in [6.45, 7) is 5.43. The number of hydrogen-bond donors (Lipinski definition) is 3. The Morgan fingerprint density at radius 3 is 1.08 bits per heavy atom. The van der Waals surface area contributed by atoms with Crippen LogP contribution in [0.5, 0.6) is 0 Å². The molecule has 0 saturated carbocycles. The second kappa shape index (κ2) is 16.3. The van der Waals surface area contributed by atoms with Gasteiger partial charge >= 0.3 is 0 Å². The van der Waals surface area contributed by atoms with E-state index in [1.807, 2.05) is 13.8 Å². The summed E-state index contributed by atoms with van der Waals surface area (Å²) in [6.07, 6.45) is 1.44. The van der Waals surface area contributed by atoms with E-state index in [0.29, 0.717) is 0 Å². The van der Waals surface area contributed by atoms with Gasteiger partial charge in [-0.15, -0.1) is 0 Å². The van der Waals surface area contributed by atoms with Crippen LogP contribution in [0.2, 0.25) is 0 Å². The van der Waals surface area contributed by atoms with E-state index in [1.165, 1.54) is 41.0 Å². The van der Waals surface area contributed by atoms with Crippen LogP contribution in [0.15, 0.2) is 149 Å². The van der Waals surface area contributed by atoms with Gasteiger partial charge in [0, 0.05) is 13.1 Å². The summed E-state index contributed by atoms with van der Waals surface area (Å²) in [7, 11) is -8.04. The maximum Gasteiger partial charge on any atom is 0.294 e. The molecule has 5 aromatic carbocycles. The number of aliphatic hydroxyl groups excluding tert-OH is 1. The predicted molar refractivity (Wildman–Crippen MR) is 188 cm³/mol. The highest BCUT2D eigenvalue weighted by Gasteiger charge is 2.43. The molecule has 0 amide bonds. The van der Waals surface area contributed by atoms with E-state index in [2.05, 4.69) is 95.9 Å². The van der Waals surface area contributed by atoms with Crippen LogP contribution < -0.4 is 0 Å². The number of aliphatic hydroxyl groups is 1. The minimum absolute atomic E-state index is 0.0666. The maximum absolute atomic E-state index is 10.5. The minimum atomic E-state index is -4.02. The molecule has 0 atom stereocenters. The molecule has 8 nitrogen and oxygen atoms in total. The number of nitrogens with zero attached hydrogens (tertiary/aromatic N) is 1. The molecule has 0 aromatic heterocycles. The lowest BCUT2D eigenvalue weighted by atomic mass is 9.74. The SMILES string of the molecule is Cc1ccc(S(=O)(=O)O)cc1.Cc1ccc(S(=O)(=O)O)cc1.OC1CCN(C(c2ccccc2)(c2ccccc2)c2ccccc2)CC1. The largest absolute Gasteiger partial charge is 0.393 e. The number of hydrogen-bond acceptors (Lipinski definition) is 6. The Balaban J connectivity index is 0.000000195. The van der Waals surface area contributed by atoms with Crippen molar-refractivity contribution in [2.24, 2.45) is 0 Å². The van der Waals surface area contributed by atoms with Crippen LogP contribution in [-0.2, 0) is 25.8 Å². The molecule has 10 heteroatoms. The molecule has 3 N–H and O–H groups in total. The molecule has 0 unspecified atom stereocenters. The minimum Gasteiger partial charge on any atom is -0.393 e. The molecule has 1 aliphatic rings. The Morgan fingerprint density at radius 2 is 0.812 bits per heavy atom. The van der Waals surface area contributed by atoms with Crippen LogP contribution in [0.4, 0.5) is 0 Å². The number of rotatable bonds is 6. The molecule has 0 aliphatic carbocycles. The van der Waals surface area contributed by atoms with E-state index >= 15 is 0 Å².